The molecule has 1 aliphatic rings. The Bertz CT molecular complexity index is 147. The van der Waals surface area contributed by atoms with Crippen molar-refractivity contribution in [2.75, 3.05) is 6.61 Å². The van der Waals surface area contributed by atoms with Crippen LogP contribution >= 0.6 is 0 Å². The van der Waals surface area contributed by atoms with Crippen LogP contribution in [0, 0.1) is 0 Å². The monoisotopic (exact) mass is 182 g/mol. The molecule has 0 aromatic carbocycles. The molecule has 6 nitrogen and oxygen atoms in total. The maximum atomic E-state index is 9.21. The molecule has 1 heterocycles. The van der Waals surface area contributed by atoms with E-state index in [-0.39, 0.29) is 0 Å². The molecule has 0 spiro atoms. The van der Waals surface area contributed by atoms with Crippen LogP contribution in [0.1, 0.15) is 0 Å². The molecular formula is C6H12O6. The van der Waals surface area contributed by atoms with E-state index >= 15 is 0 Å². The normalized spacial score (nSPS) is 50.3. The van der Waals surface area contributed by atoms with Crippen molar-refractivity contribution in [3.8, 4) is 0 Å². The zero-order valence-electron chi connectivity index (χ0n) is 7.20. The van der Waals surface area contributed by atoms with Gasteiger partial charge in [-0.25, -0.2) is 0 Å². The minimum atomic E-state index is -1.49. The topological polar surface area (TPSA) is 110 Å². The highest BCUT2D eigenvalue weighted by Gasteiger charge is 2.42. The number of ether oxygens (including phenoxy) is 1. The summed E-state index contributed by atoms with van der Waals surface area (Å²) in [5, 5.41) is 40.2. The highest BCUT2D eigenvalue weighted by molar-refractivity contribution is 4.87. The van der Waals surface area contributed by atoms with Crippen molar-refractivity contribution >= 4 is 0 Å². The van der Waals surface area contributed by atoms with Gasteiger partial charge in [0.2, 0.25) is 1.43 Å². The Hall–Kier alpha value is -0.240. The van der Waals surface area contributed by atoms with E-state index in [2.05, 4.69) is 5.11 Å². The first-order valence-corrected chi connectivity index (χ1v) is 3.54. The predicted molar refractivity (Wildman–Crippen MR) is 36.0 cm³/mol. The summed E-state index contributed by atoms with van der Waals surface area (Å²) in [6, 6.07) is 0. The van der Waals surface area contributed by atoms with Gasteiger partial charge >= 0.3 is 0 Å². The molecule has 1 saturated heterocycles. The fraction of sp³-hybridized carbons (Fsp3) is 1.00. The van der Waals surface area contributed by atoms with Crippen LogP contribution in [-0.2, 0) is 4.74 Å². The van der Waals surface area contributed by atoms with Gasteiger partial charge in [0, 0.05) is 0 Å². The average Bonchev–Trinajstić information content (AvgIpc) is 2.15. The molecule has 0 aliphatic carbocycles. The van der Waals surface area contributed by atoms with Gasteiger partial charge in [0.05, 0.1) is 6.61 Å². The molecule has 1 fully saturated rings. The highest BCUT2D eigenvalue weighted by atomic mass is 16.6. The van der Waals surface area contributed by atoms with Crippen LogP contribution in [0.25, 0.3) is 0 Å². The van der Waals surface area contributed by atoms with Gasteiger partial charge in [0.15, 0.2) is 6.29 Å². The summed E-state index contributed by atoms with van der Waals surface area (Å²) < 4.78 is 11.2. The molecule has 1 rings (SSSR count). The van der Waals surface area contributed by atoms with Crippen molar-refractivity contribution in [1.29, 1.82) is 1.43 Å². The standard InChI is InChI=1S/C6H12O6/c7-1-2-3(8)4(9)5(10)6(11)12-2/h2-11H,1H2/i11T. The fourth-order valence-electron chi connectivity index (χ4n) is 1.07. The summed E-state index contributed by atoms with van der Waals surface area (Å²) in [4.78, 5) is 0. The zero-order chi connectivity index (χ0) is 10.0. The summed E-state index contributed by atoms with van der Waals surface area (Å²) in [6.07, 6.45) is -6.76. The molecule has 0 amide bonds. The number of rotatable bonds is 2. The van der Waals surface area contributed by atoms with Crippen molar-refractivity contribution in [2.45, 2.75) is 30.7 Å². The first-order valence-electron chi connectivity index (χ1n) is 3.95. The van der Waals surface area contributed by atoms with E-state index in [9.17, 15) is 10.2 Å². The molecule has 72 valence electrons. The Balaban J connectivity index is 2.66. The third kappa shape index (κ3) is 1.58. The van der Waals surface area contributed by atoms with Gasteiger partial charge in [-0.3, -0.25) is 0 Å². The predicted octanol–water partition coefficient (Wildman–Crippen LogP) is -3.22. The molecule has 0 radical (unpaired) electrons. The second-order valence-corrected chi connectivity index (χ2v) is 2.70. The molecule has 5 atom stereocenters. The van der Waals surface area contributed by atoms with E-state index in [1.165, 1.54) is 0 Å². The highest BCUT2D eigenvalue weighted by Crippen LogP contribution is 2.18. The molecule has 1 aliphatic heterocycles. The van der Waals surface area contributed by atoms with Crippen LogP contribution in [-0.4, -0.2) is 64.3 Å². The molecule has 5 unspecified atom stereocenters. The lowest BCUT2D eigenvalue weighted by atomic mass is 10.00. The minimum Gasteiger partial charge on any atom is -0.394 e. The number of aliphatic hydroxyl groups is 5. The first-order chi connectivity index (χ1) is 6.11. The van der Waals surface area contributed by atoms with Crippen molar-refractivity contribution in [3.05, 3.63) is 0 Å². The van der Waals surface area contributed by atoms with Gasteiger partial charge < -0.3 is 30.3 Å². The summed E-state index contributed by atoms with van der Waals surface area (Å²) in [7, 11) is 0. The van der Waals surface area contributed by atoms with Crippen molar-refractivity contribution in [2.24, 2.45) is 0 Å². The summed E-state index contributed by atoms with van der Waals surface area (Å²) >= 11 is 0. The van der Waals surface area contributed by atoms with E-state index in [1.807, 2.05) is 0 Å². The van der Waals surface area contributed by atoms with E-state index in [0.29, 0.717) is 0 Å². The SMILES string of the molecule is [3H]OC1OC(CO)C(O)C(O)C1O. The van der Waals surface area contributed by atoms with E-state index in [4.69, 9.17) is 16.4 Å². The lowest BCUT2D eigenvalue weighted by Crippen LogP contribution is -2.58. The molecular weight excluding hydrogens is 168 g/mol. The molecule has 12 heavy (non-hydrogen) atoms. The van der Waals surface area contributed by atoms with Gasteiger partial charge in [-0.05, 0) is 0 Å². The lowest BCUT2D eigenvalue weighted by molar-refractivity contribution is -0.286. The van der Waals surface area contributed by atoms with Gasteiger partial charge in [0.1, 0.15) is 24.4 Å². The summed E-state index contributed by atoms with van der Waals surface area (Å²) in [5.41, 5.74) is 0. The van der Waals surface area contributed by atoms with E-state index < -0.39 is 37.3 Å². The first kappa shape index (κ1) is 8.36. The molecule has 0 aromatic rings. The number of hydrogen-bond acceptors (Lipinski definition) is 6. The van der Waals surface area contributed by atoms with Crippen LogP contribution < -0.4 is 0 Å². The van der Waals surface area contributed by atoms with Gasteiger partial charge in [0.25, 0.3) is 0 Å². The van der Waals surface area contributed by atoms with Crippen LogP contribution in [0.4, 0.5) is 0 Å². The Kier molecular flexibility index (Phi) is 2.54. The number of aliphatic hydroxyl groups excluding tert-OH is 5. The van der Waals surface area contributed by atoms with Gasteiger partial charge in [-0.2, -0.15) is 0 Å². The Labute approximate surface area is 70.1 Å². The van der Waals surface area contributed by atoms with Crippen molar-refractivity contribution < 1.29 is 30.3 Å². The number of hydrogen-bond donors (Lipinski definition) is 5. The molecule has 6 heteroatoms. The molecule has 5 N–H and O–H groups in total. The quantitative estimate of drug-likeness (QED) is 0.307. The summed E-state index contributed by atoms with van der Waals surface area (Å²) in [6.45, 7) is -0.523. The largest absolute Gasteiger partial charge is 0.394 e. The third-order valence-corrected chi connectivity index (χ3v) is 1.85. The maximum absolute atomic E-state index is 9.21. The Morgan fingerprint density at radius 2 is 1.83 bits per heavy atom. The Morgan fingerprint density at radius 1 is 1.17 bits per heavy atom. The van der Waals surface area contributed by atoms with Gasteiger partial charge in [-0.1, -0.05) is 0 Å². The van der Waals surface area contributed by atoms with Crippen LogP contribution in [0.5, 0.6) is 0 Å². The smallest absolute Gasteiger partial charge is 0.213 e. The maximum Gasteiger partial charge on any atom is 0.213 e. The van der Waals surface area contributed by atoms with Crippen LogP contribution in [0.3, 0.4) is 0 Å². The minimum absolute atomic E-state index is 0.523. The Morgan fingerprint density at radius 3 is 2.33 bits per heavy atom. The fourth-order valence-corrected chi connectivity index (χ4v) is 1.07. The summed E-state index contributed by atoms with van der Waals surface area (Å²) in [5.74, 6) is 0. The second kappa shape index (κ2) is 3.65. The molecule has 0 aromatic heterocycles. The van der Waals surface area contributed by atoms with E-state index in [1.54, 1.807) is 0 Å². The molecule has 0 bridgehead atoms. The van der Waals surface area contributed by atoms with Crippen molar-refractivity contribution in [3.63, 3.8) is 0 Å². The van der Waals surface area contributed by atoms with Crippen LogP contribution in [0.15, 0.2) is 0 Å². The second-order valence-electron chi connectivity index (χ2n) is 2.70. The average molecular weight is 182 g/mol. The zero-order valence-corrected chi connectivity index (χ0v) is 6.20. The van der Waals surface area contributed by atoms with Crippen LogP contribution in [0.2, 0.25) is 0 Å². The van der Waals surface area contributed by atoms with E-state index in [0.717, 1.165) is 0 Å². The lowest BCUT2D eigenvalue weighted by Gasteiger charge is -2.37. The van der Waals surface area contributed by atoms with Gasteiger partial charge in [-0.15, -0.1) is 0 Å². The molecule has 0 saturated carbocycles. The third-order valence-electron chi connectivity index (χ3n) is 1.85. The van der Waals surface area contributed by atoms with Crippen molar-refractivity contribution in [1.82, 2.24) is 0 Å².